The second-order valence-corrected chi connectivity index (χ2v) is 5.24. The van der Waals surface area contributed by atoms with Gasteiger partial charge in [-0.2, -0.15) is 0 Å². The van der Waals surface area contributed by atoms with Crippen molar-refractivity contribution in [2.45, 2.75) is 39.2 Å². The van der Waals surface area contributed by atoms with Gasteiger partial charge in [0.05, 0.1) is 18.8 Å². The number of aliphatic hydroxyl groups is 1. The summed E-state index contributed by atoms with van der Waals surface area (Å²) in [5.74, 6) is 0.865. The Morgan fingerprint density at radius 3 is 2.80 bits per heavy atom. The third-order valence-electron chi connectivity index (χ3n) is 3.39. The van der Waals surface area contributed by atoms with E-state index in [9.17, 15) is 5.11 Å². The summed E-state index contributed by atoms with van der Waals surface area (Å²) in [6, 6.07) is 0. The van der Waals surface area contributed by atoms with Crippen LogP contribution in [0, 0.1) is 11.8 Å². The molecular weight excluding hydrogens is 190 g/mol. The molecule has 1 rings (SSSR count). The molecule has 2 N–H and O–H groups in total. The van der Waals surface area contributed by atoms with E-state index in [-0.39, 0.29) is 5.92 Å². The molecule has 1 aliphatic heterocycles. The molecule has 3 nitrogen and oxygen atoms in total. The van der Waals surface area contributed by atoms with Crippen LogP contribution in [-0.4, -0.2) is 37.0 Å². The first-order valence-electron chi connectivity index (χ1n) is 6.03. The SMILES string of the molecule is CC(C)C(C)(O)COCC1CCCNC1. The van der Waals surface area contributed by atoms with Crippen molar-refractivity contribution in [1.82, 2.24) is 5.32 Å². The molecule has 2 atom stereocenters. The van der Waals surface area contributed by atoms with Gasteiger partial charge in [0.15, 0.2) is 0 Å². The zero-order chi connectivity index (χ0) is 11.3. The highest BCUT2D eigenvalue weighted by Crippen LogP contribution is 2.17. The summed E-state index contributed by atoms with van der Waals surface area (Å²) < 4.78 is 5.61. The molecule has 0 saturated carbocycles. The van der Waals surface area contributed by atoms with Crippen LogP contribution >= 0.6 is 0 Å². The van der Waals surface area contributed by atoms with Crippen LogP contribution in [0.25, 0.3) is 0 Å². The minimum atomic E-state index is -0.692. The highest BCUT2D eigenvalue weighted by molar-refractivity contribution is 4.76. The molecule has 0 aromatic carbocycles. The summed E-state index contributed by atoms with van der Waals surface area (Å²) in [6.07, 6.45) is 2.49. The standard InChI is InChI=1S/C12H25NO2/c1-10(2)12(3,14)9-15-8-11-5-4-6-13-7-11/h10-11,13-14H,4-9H2,1-3H3. The van der Waals surface area contributed by atoms with Crippen LogP contribution in [0.3, 0.4) is 0 Å². The van der Waals surface area contributed by atoms with Gasteiger partial charge in [0, 0.05) is 6.54 Å². The first kappa shape index (κ1) is 12.9. The maximum Gasteiger partial charge on any atom is 0.0874 e. The fraction of sp³-hybridized carbons (Fsp3) is 1.00. The molecule has 0 aromatic rings. The number of ether oxygens (including phenoxy) is 1. The van der Waals surface area contributed by atoms with Gasteiger partial charge in [0.1, 0.15) is 0 Å². The topological polar surface area (TPSA) is 41.5 Å². The van der Waals surface area contributed by atoms with Gasteiger partial charge < -0.3 is 15.2 Å². The van der Waals surface area contributed by atoms with E-state index in [4.69, 9.17) is 4.74 Å². The molecule has 1 saturated heterocycles. The van der Waals surface area contributed by atoms with E-state index in [0.29, 0.717) is 12.5 Å². The molecule has 2 unspecified atom stereocenters. The Hall–Kier alpha value is -0.120. The average Bonchev–Trinajstić information content (AvgIpc) is 2.19. The van der Waals surface area contributed by atoms with Crippen LogP contribution in [0.2, 0.25) is 0 Å². The third kappa shape index (κ3) is 4.49. The van der Waals surface area contributed by atoms with Crippen LogP contribution in [0.15, 0.2) is 0 Å². The second-order valence-electron chi connectivity index (χ2n) is 5.24. The Morgan fingerprint density at radius 2 is 2.27 bits per heavy atom. The molecule has 1 aliphatic rings. The molecule has 0 radical (unpaired) electrons. The van der Waals surface area contributed by atoms with E-state index in [2.05, 4.69) is 5.32 Å². The van der Waals surface area contributed by atoms with E-state index >= 15 is 0 Å². The quantitative estimate of drug-likeness (QED) is 0.728. The molecule has 0 amide bonds. The van der Waals surface area contributed by atoms with E-state index in [1.165, 1.54) is 12.8 Å². The molecule has 1 heterocycles. The Balaban J connectivity index is 2.14. The summed E-state index contributed by atoms with van der Waals surface area (Å²) in [5, 5.41) is 13.3. The zero-order valence-electron chi connectivity index (χ0n) is 10.3. The molecule has 1 fully saturated rings. The van der Waals surface area contributed by atoms with Gasteiger partial charge >= 0.3 is 0 Å². The number of piperidine rings is 1. The van der Waals surface area contributed by atoms with Crippen molar-refractivity contribution < 1.29 is 9.84 Å². The van der Waals surface area contributed by atoms with Gasteiger partial charge in [0.25, 0.3) is 0 Å². The maximum absolute atomic E-state index is 9.98. The fourth-order valence-electron chi connectivity index (χ4n) is 1.67. The molecule has 3 heteroatoms. The smallest absolute Gasteiger partial charge is 0.0874 e. The summed E-state index contributed by atoms with van der Waals surface area (Å²) in [7, 11) is 0. The van der Waals surface area contributed by atoms with Crippen LogP contribution in [-0.2, 0) is 4.74 Å². The number of hydrogen-bond acceptors (Lipinski definition) is 3. The monoisotopic (exact) mass is 215 g/mol. The van der Waals surface area contributed by atoms with E-state index in [1.54, 1.807) is 0 Å². The minimum absolute atomic E-state index is 0.238. The predicted octanol–water partition coefficient (Wildman–Crippen LogP) is 1.41. The zero-order valence-corrected chi connectivity index (χ0v) is 10.3. The summed E-state index contributed by atoms with van der Waals surface area (Å²) >= 11 is 0. The number of rotatable bonds is 5. The number of hydrogen-bond donors (Lipinski definition) is 2. The molecule has 90 valence electrons. The molecule has 0 spiro atoms. The lowest BCUT2D eigenvalue weighted by molar-refractivity contribution is -0.0705. The Bertz CT molecular complexity index is 174. The van der Waals surface area contributed by atoms with Crippen LogP contribution in [0.5, 0.6) is 0 Å². The van der Waals surface area contributed by atoms with Gasteiger partial charge in [-0.05, 0) is 38.1 Å². The van der Waals surface area contributed by atoms with Gasteiger partial charge in [-0.3, -0.25) is 0 Å². The fourth-order valence-corrected chi connectivity index (χ4v) is 1.67. The first-order chi connectivity index (χ1) is 7.02. The largest absolute Gasteiger partial charge is 0.388 e. The Kier molecular flexibility index (Phi) is 5.03. The molecule has 0 aliphatic carbocycles. The van der Waals surface area contributed by atoms with E-state index in [0.717, 1.165) is 19.7 Å². The Labute approximate surface area is 93.2 Å². The van der Waals surface area contributed by atoms with Gasteiger partial charge in [-0.1, -0.05) is 13.8 Å². The Morgan fingerprint density at radius 1 is 1.53 bits per heavy atom. The maximum atomic E-state index is 9.98. The van der Waals surface area contributed by atoms with Crippen molar-refractivity contribution in [3.8, 4) is 0 Å². The molecule has 0 bridgehead atoms. The highest BCUT2D eigenvalue weighted by atomic mass is 16.5. The normalized spacial score (nSPS) is 26.6. The van der Waals surface area contributed by atoms with E-state index in [1.807, 2.05) is 20.8 Å². The van der Waals surface area contributed by atoms with Crippen LogP contribution in [0.1, 0.15) is 33.6 Å². The van der Waals surface area contributed by atoms with Crippen molar-refractivity contribution >= 4 is 0 Å². The highest BCUT2D eigenvalue weighted by Gasteiger charge is 2.25. The summed E-state index contributed by atoms with van der Waals surface area (Å²) in [5.41, 5.74) is -0.692. The third-order valence-corrected chi connectivity index (χ3v) is 3.39. The van der Waals surface area contributed by atoms with Crippen molar-refractivity contribution in [2.75, 3.05) is 26.3 Å². The predicted molar refractivity (Wildman–Crippen MR) is 61.9 cm³/mol. The lowest BCUT2D eigenvalue weighted by Crippen LogP contribution is -2.38. The lowest BCUT2D eigenvalue weighted by Gasteiger charge is -2.29. The molecule has 0 aromatic heterocycles. The van der Waals surface area contributed by atoms with Crippen molar-refractivity contribution in [1.29, 1.82) is 0 Å². The van der Waals surface area contributed by atoms with E-state index < -0.39 is 5.60 Å². The molecular formula is C12H25NO2. The second kappa shape index (κ2) is 5.83. The molecule has 15 heavy (non-hydrogen) atoms. The minimum Gasteiger partial charge on any atom is -0.388 e. The van der Waals surface area contributed by atoms with Gasteiger partial charge in [0.2, 0.25) is 0 Å². The lowest BCUT2D eigenvalue weighted by atomic mass is 9.93. The van der Waals surface area contributed by atoms with Crippen molar-refractivity contribution in [3.05, 3.63) is 0 Å². The van der Waals surface area contributed by atoms with Crippen LogP contribution in [0.4, 0.5) is 0 Å². The van der Waals surface area contributed by atoms with Crippen molar-refractivity contribution in [3.63, 3.8) is 0 Å². The van der Waals surface area contributed by atoms with Crippen LogP contribution < -0.4 is 5.32 Å². The summed E-state index contributed by atoms with van der Waals surface area (Å²) in [6.45, 7) is 9.30. The summed E-state index contributed by atoms with van der Waals surface area (Å²) in [4.78, 5) is 0. The van der Waals surface area contributed by atoms with Crippen molar-refractivity contribution in [2.24, 2.45) is 11.8 Å². The van der Waals surface area contributed by atoms with Gasteiger partial charge in [-0.25, -0.2) is 0 Å². The van der Waals surface area contributed by atoms with Gasteiger partial charge in [-0.15, -0.1) is 0 Å². The number of nitrogens with one attached hydrogen (secondary N) is 1. The first-order valence-corrected chi connectivity index (χ1v) is 6.03. The average molecular weight is 215 g/mol.